The molecule has 3 heterocycles. The molecule has 7 nitrogen and oxygen atoms in total. The zero-order valence-corrected chi connectivity index (χ0v) is 22.0. The summed E-state index contributed by atoms with van der Waals surface area (Å²) in [4.78, 5) is 30.4. The summed E-state index contributed by atoms with van der Waals surface area (Å²) in [5.41, 5.74) is 3.64. The summed E-state index contributed by atoms with van der Waals surface area (Å²) >= 11 is 8.08. The number of para-hydroxylation sites is 1. The van der Waals surface area contributed by atoms with Gasteiger partial charge in [0, 0.05) is 42.3 Å². The summed E-state index contributed by atoms with van der Waals surface area (Å²) in [7, 11) is 0. The Kier molecular flexibility index (Phi) is 7.58. The molecule has 0 spiro atoms. The standard InChI is InChI=1S/C28H27ClN4O3S/c1-2-36-28(35)24-19-26(33(30-24)25-8-4-3-7-23(25)29)20-9-11-21(12-10-20)31-13-15-32(16-14-31)27(34)18-22-6-5-17-37-22/h3-12,17,19H,2,13-16,18H2,1H3. The number of halogens is 1. The average molecular weight is 535 g/mol. The van der Waals surface area contributed by atoms with E-state index in [2.05, 4.69) is 22.1 Å². The predicted molar refractivity (Wildman–Crippen MR) is 147 cm³/mol. The van der Waals surface area contributed by atoms with Gasteiger partial charge in [-0.05, 0) is 48.7 Å². The molecule has 2 aromatic carbocycles. The molecule has 0 saturated carbocycles. The minimum atomic E-state index is -0.474. The molecule has 37 heavy (non-hydrogen) atoms. The van der Waals surface area contributed by atoms with Crippen molar-refractivity contribution in [3.63, 3.8) is 0 Å². The maximum absolute atomic E-state index is 12.6. The number of benzene rings is 2. The molecule has 1 fully saturated rings. The van der Waals surface area contributed by atoms with Gasteiger partial charge in [0.1, 0.15) is 0 Å². The van der Waals surface area contributed by atoms with Gasteiger partial charge in [0.15, 0.2) is 5.69 Å². The van der Waals surface area contributed by atoms with Crippen LogP contribution in [-0.4, -0.2) is 59.3 Å². The van der Waals surface area contributed by atoms with Gasteiger partial charge in [0.2, 0.25) is 5.91 Å². The van der Waals surface area contributed by atoms with Gasteiger partial charge >= 0.3 is 5.97 Å². The van der Waals surface area contributed by atoms with Crippen LogP contribution in [0.5, 0.6) is 0 Å². The Balaban J connectivity index is 1.33. The molecule has 4 aromatic rings. The lowest BCUT2D eigenvalue weighted by Gasteiger charge is -2.36. The summed E-state index contributed by atoms with van der Waals surface area (Å²) in [6.45, 7) is 5.00. The van der Waals surface area contributed by atoms with E-state index in [1.54, 1.807) is 35.1 Å². The highest BCUT2D eigenvalue weighted by atomic mass is 35.5. The third-order valence-electron chi connectivity index (χ3n) is 6.34. The Bertz CT molecular complexity index is 1380. The van der Waals surface area contributed by atoms with Crippen LogP contribution in [0.3, 0.4) is 0 Å². The normalized spacial score (nSPS) is 13.6. The van der Waals surface area contributed by atoms with Gasteiger partial charge < -0.3 is 14.5 Å². The number of hydrogen-bond acceptors (Lipinski definition) is 6. The molecule has 1 saturated heterocycles. The number of esters is 1. The van der Waals surface area contributed by atoms with Gasteiger partial charge in [-0.25, -0.2) is 9.48 Å². The molecule has 9 heteroatoms. The van der Waals surface area contributed by atoms with Crippen LogP contribution in [-0.2, 0) is 16.0 Å². The zero-order chi connectivity index (χ0) is 25.8. The van der Waals surface area contributed by atoms with Gasteiger partial charge in [0.05, 0.1) is 29.4 Å². The van der Waals surface area contributed by atoms with Gasteiger partial charge in [0.25, 0.3) is 0 Å². The molecule has 0 bridgehead atoms. The molecule has 2 aromatic heterocycles. The van der Waals surface area contributed by atoms with Crippen LogP contribution in [0.15, 0.2) is 72.1 Å². The summed E-state index contributed by atoms with van der Waals surface area (Å²) in [6, 6.07) is 21.3. The molecule has 1 amide bonds. The summed E-state index contributed by atoms with van der Waals surface area (Å²) in [5.74, 6) is -0.291. The second kappa shape index (κ2) is 11.2. The number of ether oxygens (including phenoxy) is 1. The number of piperazine rings is 1. The number of rotatable bonds is 7. The number of carbonyl (C=O) groups excluding carboxylic acids is 2. The smallest absolute Gasteiger partial charge is 0.358 e. The topological polar surface area (TPSA) is 67.7 Å². The monoisotopic (exact) mass is 534 g/mol. The van der Waals surface area contributed by atoms with Crippen LogP contribution in [0.4, 0.5) is 5.69 Å². The van der Waals surface area contributed by atoms with Crippen molar-refractivity contribution >= 4 is 40.5 Å². The van der Waals surface area contributed by atoms with Crippen molar-refractivity contribution in [3.05, 3.63) is 87.7 Å². The maximum atomic E-state index is 12.6. The fourth-order valence-electron chi connectivity index (χ4n) is 4.43. The maximum Gasteiger partial charge on any atom is 0.358 e. The highest BCUT2D eigenvalue weighted by Gasteiger charge is 2.23. The molecular formula is C28H27ClN4O3S. The molecule has 0 atom stereocenters. The quantitative estimate of drug-likeness (QED) is 0.300. The van der Waals surface area contributed by atoms with Crippen LogP contribution in [0.2, 0.25) is 5.02 Å². The third-order valence-corrected chi connectivity index (χ3v) is 7.54. The van der Waals surface area contributed by atoms with E-state index >= 15 is 0 Å². The van der Waals surface area contributed by atoms with Crippen molar-refractivity contribution < 1.29 is 14.3 Å². The van der Waals surface area contributed by atoms with Crippen LogP contribution in [0.25, 0.3) is 16.9 Å². The number of carbonyl (C=O) groups is 2. The first kappa shape index (κ1) is 25.0. The number of anilines is 1. The molecule has 190 valence electrons. The number of aromatic nitrogens is 2. The van der Waals surface area contributed by atoms with E-state index in [-0.39, 0.29) is 18.2 Å². The molecule has 1 aliphatic heterocycles. The second-order valence-electron chi connectivity index (χ2n) is 8.67. The van der Waals surface area contributed by atoms with Gasteiger partial charge in [-0.1, -0.05) is 41.9 Å². The van der Waals surface area contributed by atoms with Crippen molar-refractivity contribution in [2.75, 3.05) is 37.7 Å². The van der Waals surface area contributed by atoms with Gasteiger partial charge in [-0.2, -0.15) is 5.10 Å². The van der Waals surface area contributed by atoms with Crippen molar-refractivity contribution in [3.8, 4) is 16.9 Å². The molecule has 5 rings (SSSR count). The Hall–Kier alpha value is -3.62. The van der Waals surface area contributed by atoms with Crippen LogP contribution < -0.4 is 4.90 Å². The highest BCUT2D eigenvalue weighted by molar-refractivity contribution is 7.10. The van der Waals surface area contributed by atoms with Crippen LogP contribution in [0, 0.1) is 0 Å². The Morgan fingerprint density at radius 3 is 2.43 bits per heavy atom. The number of hydrogen-bond donors (Lipinski definition) is 0. The molecule has 0 N–H and O–H groups in total. The highest BCUT2D eigenvalue weighted by Crippen LogP contribution is 2.30. The fourth-order valence-corrected chi connectivity index (χ4v) is 5.34. The van der Waals surface area contributed by atoms with E-state index in [1.807, 2.05) is 52.7 Å². The van der Waals surface area contributed by atoms with Crippen LogP contribution in [0.1, 0.15) is 22.3 Å². The summed E-state index contributed by atoms with van der Waals surface area (Å²) in [5, 5.41) is 7.05. The van der Waals surface area contributed by atoms with E-state index in [4.69, 9.17) is 16.3 Å². The van der Waals surface area contributed by atoms with E-state index in [1.165, 1.54) is 0 Å². The molecule has 0 radical (unpaired) electrons. The first-order chi connectivity index (χ1) is 18.0. The second-order valence-corrected chi connectivity index (χ2v) is 10.1. The third kappa shape index (κ3) is 5.55. The Morgan fingerprint density at radius 2 is 1.76 bits per heavy atom. The lowest BCUT2D eigenvalue weighted by atomic mass is 10.1. The molecule has 0 aliphatic carbocycles. The summed E-state index contributed by atoms with van der Waals surface area (Å²) < 4.78 is 6.85. The lowest BCUT2D eigenvalue weighted by Crippen LogP contribution is -2.49. The van der Waals surface area contributed by atoms with E-state index in [9.17, 15) is 9.59 Å². The van der Waals surface area contributed by atoms with Crippen molar-refractivity contribution in [2.24, 2.45) is 0 Å². The Labute approximate surface area is 224 Å². The molecule has 0 unspecified atom stereocenters. The fraction of sp³-hybridized carbons (Fsp3) is 0.250. The van der Waals surface area contributed by atoms with Crippen molar-refractivity contribution in [1.82, 2.24) is 14.7 Å². The number of nitrogens with zero attached hydrogens (tertiary/aromatic N) is 4. The van der Waals surface area contributed by atoms with Crippen molar-refractivity contribution in [2.45, 2.75) is 13.3 Å². The van der Waals surface area contributed by atoms with Crippen molar-refractivity contribution in [1.29, 1.82) is 0 Å². The van der Waals surface area contributed by atoms with Gasteiger partial charge in [-0.15, -0.1) is 11.3 Å². The lowest BCUT2D eigenvalue weighted by molar-refractivity contribution is -0.130. The van der Waals surface area contributed by atoms with Gasteiger partial charge in [-0.3, -0.25) is 4.79 Å². The zero-order valence-electron chi connectivity index (χ0n) is 20.5. The minimum absolute atomic E-state index is 0.183. The largest absolute Gasteiger partial charge is 0.461 e. The SMILES string of the molecule is CCOC(=O)c1cc(-c2ccc(N3CCN(C(=O)Cc4cccs4)CC3)cc2)n(-c2ccccc2Cl)n1. The number of thiophene rings is 1. The summed E-state index contributed by atoms with van der Waals surface area (Å²) in [6.07, 6.45) is 0.471. The Morgan fingerprint density at radius 1 is 1.00 bits per heavy atom. The first-order valence-corrected chi connectivity index (χ1v) is 13.5. The minimum Gasteiger partial charge on any atom is -0.461 e. The van der Waals surface area contributed by atoms with E-state index < -0.39 is 5.97 Å². The predicted octanol–water partition coefficient (Wildman–Crippen LogP) is 5.32. The van der Waals surface area contributed by atoms with Crippen LogP contribution >= 0.6 is 22.9 Å². The van der Waals surface area contributed by atoms with E-state index in [0.717, 1.165) is 34.9 Å². The average Bonchev–Trinajstić information content (AvgIpc) is 3.60. The molecule has 1 aliphatic rings. The first-order valence-electron chi connectivity index (χ1n) is 12.2. The number of amides is 1. The molecular weight excluding hydrogens is 508 g/mol. The van der Waals surface area contributed by atoms with E-state index in [0.29, 0.717) is 30.2 Å².